The minimum absolute atomic E-state index is 0.556. The number of rotatable bonds is 3. The van der Waals surface area contributed by atoms with E-state index in [4.69, 9.17) is 4.98 Å². The fourth-order valence-electron chi connectivity index (χ4n) is 3.97. The minimum Gasteiger partial charge on any atom is -0.367 e. The van der Waals surface area contributed by atoms with Gasteiger partial charge < -0.3 is 10.2 Å². The molecule has 0 saturated heterocycles. The maximum absolute atomic E-state index is 4.70. The van der Waals surface area contributed by atoms with Crippen molar-refractivity contribution < 1.29 is 0 Å². The fourth-order valence-corrected chi connectivity index (χ4v) is 3.97. The number of anilines is 3. The van der Waals surface area contributed by atoms with Gasteiger partial charge in [0.2, 0.25) is 0 Å². The molecule has 1 aromatic heterocycles. The maximum atomic E-state index is 4.70. The van der Waals surface area contributed by atoms with E-state index in [2.05, 4.69) is 45.5 Å². The number of para-hydroxylation sites is 1. The van der Waals surface area contributed by atoms with Crippen molar-refractivity contribution in [3.05, 3.63) is 41.7 Å². The van der Waals surface area contributed by atoms with Crippen molar-refractivity contribution in [1.29, 1.82) is 0 Å². The Morgan fingerprint density at radius 2 is 1.83 bits per heavy atom. The number of hydrogen-bond donors (Lipinski definition) is 1. The Kier molecular flexibility index (Phi) is 4.37. The first-order chi connectivity index (χ1) is 11.8. The number of fused-ring (bicyclic) bond motifs is 1. The van der Waals surface area contributed by atoms with Crippen molar-refractivity contribution in [2.24, 2.45) is 0 Å². The van der Waals surface area contributed by atoms with Gasteiger partial charge in [-0.3, -0.25) is 0 Å². The number of aromatic nitrogens is 2. The highest BCUT2D eigenvalue weighted by Gasteiger charge is 2.22. The van der Waals surface area contributed by atoms with Crippen LogP contribution in [0.5, 0.6) is 0 Å². The Balaban J connectivity index is 1.58. The molecule has 1 aliphatic heterocycles. The number of nitrogens with zero attached hydrogens (tertiary/aromatic N) is 3. The molecule has 0 unspecified atom stereocenters. The number of aryl methyl sites for hydroxylation is 1. The van der Waals surface area contributed by atoms with E-state index in [-0.39, 0.29) is 0 Å². The molecule has 126 valence electrons. The van der Waals surface area contributed by atoms with Crippen LogP contribution in [-0.4, -0.2) is 22.6 Å². The summed E-state index contributed by atoms with van der Waals surface area (Å²) in [5.74, 6) is 2.84. The van der Waals surface area contributed by atoms with Crippen molar-refractivity contribution >= 4 is 17.3 Å². The Hall–Kier alpha value is -2.10. The lowest BCUT2D eigenvalue weighted by atomic mass is 10.1. The van der Waals surface area contributed by atoms with Crippen LogP contribution in [0, 0.1) is 6.92 Å². The van der Waals surface area contributed by atoms with Gasteiger partial charge in [0.1, 0.15) is 17.5 Å². The Morgan fingerprint density at radius 3 is 2.67 bits per heavy atom. The highest BCUT2D eigenvalue weighted by Crippen LogP contribution is 2.34. The summed E-state index contributed by atoms with van der Waals surface area (Å²) in [4.78, 5) is 11.7. The molecule has 0 atom stereocenters. The zero-order valence-corrected chi connectivity index (χ0v) is 14.5. The summed E-state index contributed by atoms with van der Waals surface area (Å²) in [7, 11) is 0. The topological polar surface area (TPSA) is 41.1 Å². The van der Waals surface area contributed by atoms with Crippen molar-refractivity contribution in [1.82, 2.24) is 9.97 Å². The second-order valence-corrected chi connectivity index (χ2v) is 7.02. The summed E-state index contributed by atoms with van der Waals surface area (Å²) in [6.45, 7) is 2.99. The SMILES string of the molecule is Cc1nc(NC2CCCCCC2)cc(N2CCc3ccccc32)n1. The second kappa shape index (κ2) is 6.80. The van der Waals surface area contributed by atoms with Crippen molar-refractivity contribution in [3.8, 4) is 0 Å². The molecule has 1 aromatic carbocycles. The molecular formula is C20H26N4. The van der Waals surface area contributed by atoms with Crippen LogP contribution in [0.15, 0.2) is 30.3 Å². The van der Waals surface area contributed by atoms with Crippen LogP contribution < -0.4 is 10.2 Å². The van der Waals surface area contributed by atoms with Crippen LogP contribution in [0.25, 0.3) is 0 Å². The molecule has 1 fully saturated rings. The van der Waals surface area contributed by atoms with Crippen molar-refractivity contribution in [2.75, 3.05) is 16.8 Å². The van der Waals surface area contributed by atoms with Gasteiger partial charge in [0.15, 0.2) is 0 Å². The van der Waals surface area contributed by atoms with E-state index >= 15 is 0 Å². The molecule has 1 N–H and O–H groups in total. The largest absolute Gasteiger partial charge is 0.367 e. The predicted molar refractivity (Wildman–Crippen MR) is 99.0 cm³/mol. The standard InChI is InChI=1S/C20H26N4/c1-15-21-19(23-17-9-4-2-3-5-10-17)14-20(22-15)24-13-12-16-8-6-7-11-18(16)24/h6-8,11,14,17H,2-5,9-10,12-13H2,1H3,(H,21,22,23). The minimum atomic E-state index is 0.556. The zero-order valence-electron chi connectivity index (χ0n) is 14.5. The van der Waals surface area contributed by atoms with Gasteiger partial charge in [0.05, 0.1) is 0 Å². The lowest BCUT2D eigenvalue weighted by Crippen LogP contribution is -2.21. The third-order valence-corrected chi connectivity index (χ3v) is 5.20. The lowest BCUT2D eigenvalue weighted by Gasteiger charge is -2.21. The van der Waals surface area contributed by atoms with Gasteiger partial charge >= 0.3 is 0 Å². The normalized spacial score (nSPS) is 18.3. The summed E-state index contributed by atoms with van der Waals surface area (Å²) < 4.78 is 0. The third-order valence-electron chi connectivity index (χ3n) is 5.20. The first-order valence-corrected chi connectivity index (χ1v) is 9.27. The molecule has 0 spiro atoms. The molecular weight excluding hydrogens is 296 g/mol. The van der Waals surface area contributed by atoms with Gasteiger partial charge in [-0.1, -0.05) is 43.9 Å². The number of benzene rings is 1. The van der Waals surface area contributed by atoms with Gasteiger partial charge in [-0.25, -0.2) is 9.97 Å². The molecule has 4 heteroatoms. The summed E-state index contributed by atoms with van der Waals surface area (Å²) >= 11 is 0. The van der Waals surface area contributed by atoms with Crippen LogP contribution in [-0.2, 0) is 6.42 Å². The third kappa shape index (κ3) is 3.23. The highest BCUT2D eigenvalue weighted by molar-refractivity contribution is 5.69. The van der Waals surface area contributed by atoms with Crippen LogP contribution >= 0.6 is 0 Å². The lowest BCUT2D eigenvalue weighted by molar-refractivity contribution is 0.617. The quantitative estimate of drug-likeness (QED) is 0.838. The number of nitrogens with one attached hydrogen (secondary N) is 1. The highest BCUT2D eigenvalue weighted by atomic mass is 15.2. The molecule has 2 aliphatic rings. The molecule has 1 aliphatic carbocycles. The first kappa shape index (κ1) is 15.4. The van der Waals surface area contributed by atoms with Crippen molar-refractivity contribution in [3.63, 3.8) is 0 Å². The van der Waals surface area contributed by atoms with Gasteiger partial charge in [-0.15, -0.1) is 0 Å². The van der Waals surface area contributed by atoms with E-state index in [1.165, 1.54) is 49.8 Å². The Morgan fingerprint density at radius 1 is 1.04 bits per heavy atom. The van der Waals surface area contributed by atoms with Crippen LogP contribution in [0.1, 0.15) is 49.9 Å². The zero-order chi connectivity index (χ0) is 16.4. The molecule has 1 saturated carbocycles. The van der Waals surface area contributed by atoms with Gasteiger partial charge in [0.25, 0.3) is 0 Å². The molecule has 4 nitrogen and oxygen atoms in total. The van der Waals surface area contributed by atoms with E-state index in [0.29, 0.717) is 6.04 Å². The maximum Gasteiger partial charge on any atom is 0.138 e. The first-order valence-electron chi connectivity index (χ1n) is 9.27. The Labute approximate surface area is 144 Å². The van der Waals surface area contributed by atoms with Gasteiger partial charge in [-0.05, 0) is 37.8 Å². The second-order valence-electron chi connectivity index (χ2n) is 7.02. The monoisotopic (exact) mass is 322 g/mol. The average Bonchev–Trinajstić information content (AvgIpc) is 2.85. The molecule has 0 bridgehead atoms. The van der Waals surface area contributed by atoms with Crippen molar-refractivity contribution in [2.45, 2.75) is 57.9 Å². The summed E-state index contributed by atoms with van der Waals surface area (Å²) in [6, 6.07) is 11.3. The molecule has 2 aromatic rings. The van der Waals surface area contributed by atoms with Crippen LogP contribution in [0.4, 0.5) is 17.3 Å². The van der Waals surface area contributed by atoms with E-state index in [1.54, 1.807) is 0 Å². The van der Waals surface area contributed by atoms with Crippen LogP contribution in [0.3, 0.4) is 0 Å². The van der Waals surface area contributed by atoms with Crippen LogP contribution in [0.2, 0.25) is 0 Å². The van der Waals surface area contributed by atoms with E-state index in [9.17, 15) is 0 Å². The summed E-state index contributed by atoms with van der Waals surface area (Å²) in [5.41, 5.74) is 2.70. The summed E-state index contributed by atoms with van der Waals surface area (Å²) in [5, 5.41) is 3.67. The summed E-state index contributed by atoms with van der Waals surface area (Å²) in [6.07, 6.45) is 9.00. The average molecular weight is 322 g/mol. The predicted octanol–water partition coefficient (Wildman–Crippen LogP) is 4.61. The fraction of sp³-hybridized carbons (Fsp3) is 0.500. The molecule has 24 heavy (non-hydrogen) atoms. The van der Waals surface area contributed by atoms with E-state index < -0.39 is 0 Å². The molecule has 0 amide bonds. The molecule has 0 radical (unpaired) electrons. The number of hydrogen-bond acceptors (Lipinski definition) is 4. The Bertz CT molecular complexity index is 705. The molecule has 2 heterocycles. The van der Waals surface area contributed by atoms with Gasteiger partial charge in [0, 0.05) is 24.3 Å². The van der Waals surface area contributed by atoms with Gasteiger partial charge in [-0.2, -0.15) is 0 Å². The smallest absolute Gasteiger partial charge is 0.138 e. The molecule has 4 rings (SSSR count). The van der Waals surface area contributed by atoms with E-state index in [1.807, 2.05) is 6.92 Å². The van der Waals surface area contributed by atoms with E-state index in [0.717, 1.165) is 30.4 Å².